The Hall–Kier alpha value is -1.26. The van der Waals surface area contributed by atoms with E-state index in [0.717, 1.165) is 37.7 Å². The number of hydrogen-bond acceptors (Lipinski definition) is 2. The first-order chi connectivity index (χ1) is 8.69. The Morgan fingerprint density at radius 1 is 1.33 bits per heavy atom. The molecule has 2 aliphatic carbocycles. The van der Waals surface area contributed by atoms with Crippen LogP contribution in [0.15, 0.2) is 4.99 Å². The lowest BCUT2D eigenvalue weighted by Gasteiger charge is -2.11. The first-order valence-electron chi connectivity index (χ1n) is 6.95. The van der Waals surface area contributed by atoms with Crippen molar-refractivity contribution in [2.75, 3.05) is 13.6 Å². The third kappa shape index (κ3) is 4.55. The Kier molecular flexibility index (Phi) is 4.44. The molecule has 102 valence electrons. The average molecular weight is 252 g/mol. The van der Waals surface area contributed by atoms with Gasteiger partial charge in [0, 0.05) is 32.1 Å². The number of hydrogen-bond donors (Lipinski definition) is 3. The van der Waals surface area contributed by atoms with Crippen molar-refractivity contribution in [3.8, 4) is 0 Å². The van der Waals surface area contributed by atoms with Gasteiger partial charge in [0.25, 0.3) is 0 Å². The normalized spacial score (nSPS) is 26.7. The van der Waals surface area contributed by atoms with E-state index in [4.69, 9.17) is 0 Å². The summed E-state index contributed by atoms with van der Waals surface area (Å²) >= 11 is 0. The molecule has 0 aliphatic heterocycles. The van der Waals surface area contributed by atoms with Crippen LogP contribution >= 0.6 is 0 Å². The number of amides is 1. The van der Waals surface area contributed by atoms with E-state index in [1.54, 1.807) is 7.05 Å². The van der Waals surface area contributed by atoms with E-state index < -0.39 is 0 Å². The van der Waals surface area contributed by atoms with Gasteiger partial charge in [-0.05, 0) is 31.6 Å². The van der Waals surface area contributed by atoms with Crippen LogP contribution in [0, 0.1) is 5.92 Å². The number of carbonyl (C=O) groups excluding carboxylic acids is 1. The molecule has 0 radical (unpaired) electrons. The van der Waals surface area contributed by atoms with E-state index in [0.29, 0.717) is 18.5 Å². The van der Waals surface area contributed by atoms with Crippen LogP contribution in [0.25, 0.3) is 0 Å². The standard InChI is InChI=1S/C13H24N4O/c1-9-8-11(9)17-13(14-2)15-7-3-4-12(18)16-10-5-6-10/h9-11H,3-8H2,1-2H3,(H,16,18)(H2,14,15,17). The van der Waals surface area contributed by atoms with Crippen molar-refractivity contribution in [2.45, 2.75) is 51.1 Å². The topological polar surface area (TPSA) is 65.5 Å². The highest BCUT2D eigenvalue weighted by molar-refractivity contribution is 5.80. The molecule has 0 saturated heterocycles. The van der Waals surface area contributed by atoms with Gasteiger partial charge in [-0.1, -0.05) is 6.92 Å². The third-order valence-electron chi connectivity index (χ3n) is 3.47. The summed E-state index contributed by atoms with van der Waals surface area (Å²) < 4.78 is 0. The lowest BCUT2D eigenvalue weighted by Crippen LogP contribution is -2.39. The number of nitrogens with zero attached hydrogens (tertiary/aromatic N) is 1. The Labute approximate surface area is 109 Å². The quantitative estimate of drug-likeness (QED) is 0.369. The van der Waals surface area contributed by atoms with Gasteiger partial charge in [0.1, 0.15) is 0 Å². The molecule has 18 heavy (non-hydrogen) atoms. The lowest BCUT2D eigenvalue weighted by molar-refractivity contribution is -0.121. The van der Waals surface area contributed by atoms with Crippen molar-refractivity contribution in [1.29, 1.82) is 0 Å². The van der Waals surface area contributed by atoms with Crippen LogP contribution in [0.3, 0.4) is 0 Å². The molecule has 2 rings (SSSR count). The van der Waals surface area contributed by atoms with Crippen molar-refractivity contribution in [3.63, 3.8) is 0 Å². The van der Waals surface area contributed by atoms with Gasteiger partial charge >= 0.3 is 0 Å². The van der Waals surface area contributed by atoms with Gasteiger partial charge in [-0.25, -0.2) is 0 Å². The molecule has 2 saturated carbocycles. The molecule has 0 bridgehead atoms. The lowest BCUT2D eigenvalue weighted by atomic mass is 10.3. The molecule has 0 aromatic heterocycles. The van der Waals surface area contributed by atoms with Gasteiger partial charge in [0.2, 0.25) is 5.91 Å². The maximum absolute atomic E-state index is 11.5. The van der Waals surface area contributed by atoms with Crippen LogP contribution in [-0.4, -0.2) is 37.5 Å². The van der Waals surface area contributed by atoms with Gasteiger partial charge in [0.15, 0.2) is 5.96 Å². The Morgan fingerprint density at radius 3 is 2.61 bits per heavy atom. The zero-order chi connectivity index (χ0) is 13.0. The van der Waals surface area contributed by atoms with Gasteiger partial charge in [0.05, 0.1) is 0 Å². The Bertz CT molecular complexity index is 325. The molecule has 2 fully saturated rings. The predicted molar refractivity (Wildman–Crippen MR) is 72.5 cm³/mol. The summed E-state index contributed by atoms with van der Waals surface area (Å²) in [6.45, 7) is 3.02. The zero-order valence-corrected chi connectivity index (χ0v) is 11.3. The summed E-state index contributed by atoms with van der Waals surface area (Å²) in [7, 11) is 1.78. The molecule has 2 atom stereocenters. The summed E-state index contributed by atoms with van der Waals surface area (Å²) in [6.07, 6.45) is 4.98. The Balaban J connectivity index is 1.51. The molecule has 0 spiro atoms. The van der Waals surface area contributed by atoms with Crippen LogP contribution in [0.1, 0.15) is 39.0 Å². The first-order valence-corrected chi connectivity index (χ1v) is 6.95. The predicted octanol–water partition coefficient (Wildman–Crippen LogP) is 0.619. The fourth-order valence-electron chi connectivity index (χ4n) is 1.88. The molecule has 2 unspecified atom stereocenters. The summed E-state index contributed by atoms with van der Waals surface area (Å²) in [5, 5.41) is 9.59. The van der Waals surface area contributed by atoms with E-state index in [9.17, 15) is 4.79 Å². The van der Waals surface area contributed by atoms with Crippen molar-refractivity contribution in [2.24, 2.45) is 10.9 Å². The molecule has 1 amide bonds. The minimum atomic E-state index is 0.179. The van der Waals surface area contributed by atoms with E-state index in [1.807, 2.05) is 0 Å². The highest BCUT2D eigenvalue weighted by Gasteiger charge is 2.33. The summed E-state index contributed by atoms with van der Waals surface area (Å²) in [5.41, 5.74) is 0. The maximum Gasteiger partial charge on any atom is 0.220 e. The van der Waals surface area contributed by atoms with Crippen LogP contribution in [0.2, 0.25) is 0 Å². The number of nitrogens with one attached hydrogen (secondary N) is 3. The van der Waals surface area contributed by atoms with Crippen molar-refractivity contribution >= 4 is 11.9 Å². The Morgan fingerprint density at radius 2 is 2.06 bits per heavy atom. The number of guanidine groups is 1. The average Bonchev–Trinajstić information content (AvgIpc) is 3.24. The van der Waals surface area contributed by atoms with E-state index in [-0.39, 0.29) is 5.91 Å². The number of carbonyl (C=O) groups is 1. The minimum absolute atomic E-state index is 0.179. The second-order valence-electron chi connectivity index (χ2n) is 5.41. The zero-order valence-electron chi connectivity index (χ0n) is 11.3. The molecule has 0 aromatic rings. The molecule has 5 nitrogen and oxygen atoms in total. The summed E-state index contributed by atoms with van der Waals surface area (Å²) in [5.74, 6) is 1.79. The van der Waals surface area contributed by atoms with Crippen LogP contribution in [-0.2, 0) is 4.79 Å². The molecule has 3 N–H and O–H groups in total. The molecule has 5 heteroatoms. The first kappa shape index (κ1) is 13.2. The third-order valence-corrected chi connectivity index (χ3v) is 3.47. The van der Waals surface area contributed by atoms with Crippen LogP contribution < -0.4 is 16.0 Å². The molecular formula is C13H24N4O. The molecule has 0 heterocycles. The smallest absolute Gasteiger partial charge is 0.220 e. The van der Waals surface area contributed by atoms with Crippen molar-refractivity contribution in [1.82, 2.24) is 16.0 Å². The fourth-order valence-corrected chi connectivity index (χ4v) is 1.88. The minimum Gasteiger partial charge on any atom is -0.356 e. The van der Waals surface area contributed by atoms with Gasteiger partial charge in [-0.15, -0.1) is 0 Å². The van der Waals surface area contributed by atoms with E-state index >= 15 is 0 Å². The molecule has 0 aromatic carbocycles. The number of aliphatic imine (C=N–C) groups is 1. The molecular weight excluding hydrogens is 228 g/mol. The van der Waals surface area contributed by atoms with Gasteiger partial charge in [-0.2, -0.15) is 0 Å². The summed E-state index contributed by atoms with van der Waals surface area (Å²) in [6, 6.07) is 1.05. The van der Waals surface area contributed by atoms with Crippen molar-refractivity contribution in [3.05, 3.63) is 0 Å². The van der Waals surface area contributed by atoms with Gasteiger partial charge < -0.3 is 16.0 Å². The van der Waals surface area contributed by atoms with Crippen molar-refractivity contribution < 1.29 is 4.79 Å². The fraction of sp³-hybridized carbons (Fsp3) is 0.846. The maximum atomic E-state index is 11.5. The monoisotopic (exact) mass is 252 g/mol. The highest BCUT2D eigenvalue weighted by atomic mass is 16.1. The van der Waals surface area contributed by atoms with E-state index in [2.05, 4.69) is 27.9 Å². The second kappa shape index (κ2) is 6.07. The highest BCUT2D eigenvalue weighted by Crippen LogP contribution is 2.28. The second-order valence-corrected chi connectivity index (χ2v) is 5.41. The SMILES string of the molecule is CN=C(NCCCC(=O)NC1CC1)NC1CC1C. The van der Waals surface area contributed by atoms with Crippen LogP contribution in [0.4, 0.5) is 0 Å². The number of rotatable bonds is 6. The molecule has 2 aliphatic rings. The van der Waals surface area contributed by atoms with E-state index in [1.165, 1.54) is 6.42 Å². The van der Waals surface area contributed by atoms with Crippen LogP contribution in [0.5, 0.6) is 0 Å². The summed E-state index contributed by atoms with van der Waals surface area (Å²) in [4.78, 5) is 15.6. The largest absolute Gasteiger partial charge is 0.356 e. The van der Waals surface area contributed by atoms with Gasteiger partial charge in [-0.3, -0.25) is 9.79 Å².